The van der Waals surface area contributed by atoms with Crippen LogP contribution in [0, 0.1) is 0 Å². The van der Waals surface area contributed by atoms with Crippen LogP contribution in [0.3, 0.4) is 0 Å². The lowest BCUT2D eigenvalue weighted by molar-refractivity contribution is -0.131. The molecule has 2 aliphatic rings. The summed E-state index contributed by atoms with van der Waals surface area (Å²) in [6, 6.07) is 6.52. The monoisotopic (exact) mass is 378 g/mol. The number of urea groups is 1. The van der Waals surface area contributed by atoms with Crippen molar-refractivity contribution in [2.75, 3.05) is 6.54 Å². The van der Waals surface area contributed by atoms with Crippen LogP contribution in [0.15, 0.2) is 28.7 Å². The SMILES string of the molecule is O=C(CN1C(=O)NC2(CCCCCC2)C1=O)c1cccc(Br)c1. The largest absolute Gasteiger partial charge is 0.325 e. The van der Waals surface area contributed by atoms with E-state index >= 15 is 0 Å². The fraction of sp³-hybridized carbons (Fsp3) is 0.471. The van der Waals surface area contributed by atoms with E-state index in [4.69, 9.17) is 0 Å². The van der Waals surface area contributed by atoms with E-state index in [0.717, 1.165) is 35.1 Å². The number of rotatable bonds is 3. The van der Waals surface area contributed by atoms with E-state index in [1.165, 1.54) is 0 Å². The van der Waals surface area contributed by atoms with Gasteiger partial charge in [-0.1, -0.05) is 53.7 Å². The fourth-order valence-electron chi connectivity index (χ4n) is 3.39. The van der Waals surface area contributed by atoms with Crippen LogP contribution >= 0.6 is 15.9 Å². The van der Waals surface area contributed by atoms with Gasteiger partial charge in [-0.05, 0) is 25.0 Å². The van der Waals surface area contributed by atoms with Crippen LogP contribution in [-0.4, -0.2) is 34.7 Å². The molecule has 122 valence electrons. The first-order chi connectivity index (χ1) is 11.0. The van der Waals surface area contributed by atoms with Crippen molar-refractivity contribution in [2.24, 2.45) is 0 Å². The number of ketones is 1. The van der Waals surface area contributed by atoms with Gasteiger partial charge in [-0.3, -0.25) is 14.5 Å². The normalized spacial score (nSPS) is 20.5. The predicted molar refractivity (Wildman–Crippen MR) is 89.2 cm³/mol. The second kappa shape index (κ2) is 6.43. The molecule has 1 saturated carbocycles. The lowest BCUT2D eigenvalue weighted by atomic mass is 9.90. The number of nitrogens with zero attached hydrogens (tertiary/aromatic N) is 1. The summed E-state index contributed by atoms with van der Waals surface area (Å²) in [7, 11) is 0. The third-order valence-electron chi connectivity index (χ3n) is 4.65. The van der Waals surface area contributed by atoms with E-state index in [2.05, 4.69) is 21.2 Å². The van der Waals surface area contributed by atoms with Gasteiger partial charge >= 0.3 is 6.03 Å². The molecule has 5 nitrogen and oxygen atoms in total. The van der Waals surface area contributed by atoms with Crippen molar-refractivity contribution in [2.45, 2.75) is 44.1 Å². The molecule has 1 heterocycles. The summed E-state index contributed by atoms with van der Waals surface area (Å²) in [6.45, 7) is -0.205. The molecule has 3 rings (SSSR count). The zero-order valence-corrected chi connectivity index (χ0v) is 14.4. The number of carbonyl (C=O) groups is 3. The molecule has 0 atom stereocenters. The molecule has 1 spiro atoms. The Balaban J connectivity index is 1.76. The van der Waals surface area contributed by atoms with Crippen molar-refractivity contribution in [1.29, 1.82) is 0 Å². The zero-order valence-electron chi connectivity index (χ0n) is 12.8. The van der Waals surface area contributed by atoms with Crippen LogP contribution in [0.4, 0.5) is 4.79 Å². The Morgan fingerprint density at radius 3 is 2.52 bits per heavy atom. The van der Waals surface area contributed by atoms with Gasteiger partial charge in [0, 0.05) is 10.0 Å². The highest BCUT2D eigenvalue weighted by atomic mass is 79.9. The van der Waals surface area contributed by atoms with Crippen molar-refractivity contribution in [3.8, 4) is 0 Å². The number of Topliss-reactive ketones (excluding diaryl/α,β-unsaturated/α-hetero) is 1. The maximum atomic E-state index is 12.8. The standard InChI is InChI=1S/C17H19BrN2O3/c18-13-7-5-6-12(10-13)14(21)11-20-15(22)17(19-16(20)23)8-3-1-2-4-9-17/h5-7,10H,1-4,8-9,11H2,(H,19,23). The first-order valence-electron chi connectivity index (χ1n) is 7.95. The van der Waals surface area contributed by atoms with Crippen molar-refractivity contribution in [3.05, 3.63) is 34.3 Å². The fourth-order valence-corrected chi connectivity index (χ4v) is 3.79. The minimum absolute atomic E-state index is 0.205. The summed E-state index contributed by atoms with van der Waals surface area (Å²) in [5.74, 6) is -0.479. The van der Waals surface area contributed by atoms with Crippen molar-refractivity contribution in [1.82, 2.24) is 10.2 Å². The molecule has 0 radical (unpaired) electrons. The second-order valence-corrected chi connectivity index (χ2v) is 7.17. The highest BCUT2D eigenvalue weighted by molar-refractivity contribution is 9.10. The van der Waals surface area contributed by atoms with Crippen molar-refractivity contribution >= 4 is 33.7 Å². The molecule has 3 amide bonds. The van der Waals surface area contributed by atoms with Gasteiger partial charge in [0.15, 0.2) is 5.78 Å². The van der Waals surface area contributed by atoms with E-state index in [0.29, 0.717) is 18.4 Å². The smallest absolute Gasteiger partial charge is 0.323 e. The van der Waals surface area contributed by atoms with Crippen LogP contribution in [0.1, 0.15) is 48.9 Å². The molecule has 0 aromatic heterocycles. The van der Waals surface area contributed by atoms with Crippen molar-refractivity contribution < 1.29 is 14.4 Å². The molecule has 1 aromatic carbocycles. The van der Waals surface area contributed by atoms with Crippen LogP contribution in [0.5, 0.6) is 0 Å². The molecule has 6 heteroatoms. The Morgan fingerprint density at radius 2 is 1.87 bits per heavy atom. The van der Waals surface area contributed by atoms with Gasteiger partial charge in [-0.25, -0.2) is 4.79 Å². The second-order valence-electron chi connectivity index (χ2n) is 6.25. The Kier molecular flexibility index (Phi) is 4.53. The first kappa shape index (κ1) is 16.2. The summed E-state index contributed by atoms with van der Waals surface area (Å²) in [5.41, 5.74) is -0.299. The molecule has 1 aliphatic heterocycles. The maximum absolute atomic E-state index is 12.8. The number of nitrogens with one attached hydrogen (secondary N) is 1. The molecule has 2 fully saturated rings. The lowest BCUT2D eigenvalue weighted by Crippen LogP contribution is -2.46. The molecule has 1 aromatic rings. The van der Waals surface area contributed by atoms with E-state index < -0.39 is 11.6 Å². The molecule has 1 saturated heterocycles. The number of amides is 3. The van der Waals surface area contributed by atoms with E-state index in [-0.39, 0.29) is 18.2 Å². The summed E-state index contributed by atoms with van der Waals surface area (Å²) < 4.78 is 0.792. The van der Waals surface area contributed by atoms with Gasteiger partial charge in [0.25, 0.3) is 5.91 Å². The first-order valence-corrected chi connectivity index (χ1v) is 8.74. The summed E-state index contributed by atoms with van der Waals surface area (Å²) >= 11 is 3.32. The Labute approximate surface area is 143 Å². The van der Waals surface area contributed by atoms with Crippen LogP contribution < -0.4 is 5.32 Å². The molecule has 1 N–H and O–H groups in total. The Morgan fingerprint density at radius 1 is 1.17 bits per heavy atom. The van der Waals surface area contributed by atoms with E-state index in [1.807, 2.05) is 6.07 Å². The Hall–Kier alpha value is -1.69. The molecular formula is C17H19BrN2O3. The number of benzene rings is 1. The van der Waals surface area contributed by atoms with Gasteiger partial charge < -0.3 is 5.32 Å². The van der Waals surface area contributed by atoms with E-state index in [1.54, 1.807) is 18.2 Å². The van der Waals surface area contributed by atoms with Crippen LogP contribution in [0.2, 0.25) is 0 Å². The molecule has 1 aliphatic carbocycles. The Bertz CT molecular complexity index is 651. The minimum Gasteiger partial charge on any atom is -0.323 e. The minimum atomic E-state index is -0.787. The average molecular weight is 379 g/mol. The summed E-state index contributed by atoms with van der Waals surface area (Å²) in [4.78, 5) is 38.5. The third kappa shape index (κ3) is 3.17. The molecule has 0 unspecified atom stereocenters. The lowest BCUT2D eigenvalue weighted by Gasteiger charge is -2.24. The highest BCUT2D eigenvalue weighted by Crippen LogP contribution is 2.32. The molecular weight excluding hydrogens is 360 g/mol. The number of carbonyl (C=O) groups excluding carboxylic acids is 3. The van der Waals surface area contributed by atoms with Gasteiger partial charge in [0.1, 0.15) is 5.54 Å². The number of hydrogen-bond acceptors (Lipinski definition) is 3. The van der Waals surface area contributed by atoms with Crippen LogP contribution in [0.25, 0.3) is 0 Å². The number of imide groups is 1. The van der Waals surface area contributed by atoms with Gasteiger partial charge in [0.2, 0.25) is 0 Å². The van der Waals surface area contributed by atoms with Gasteiger partial charge in [-0.2, -0.15) is 0 Å². The van der Waals surface area contributed by atoms with Crippen LogP contribution in [-0.2, 0) is 4.79 Å². The predicted octanol–water partition coefficient (Wildman–Crippen LogP) is 3.28. The zero-order chi connectivity index (χ0) is 16.4. The van der Waals surface area contributed by atoms with Gasteiger partial charge in [-0.15, -0.1) is 0 Å². The molecule has 0 bridgehead atoms. The summed E-state index contributed by atoms with van der Waals surface area (Å²) in [6.07, 6.45) is 5.36. The maximum Gasteiger partial charge on any atom is 0.325 e. The quantitative estimate of drug-likeness (QED) is 0.648. The highest BCUT2D eigenvalue weighted by Gasteiger charge is 2.51. The van der Waals surface area contributed by atoms with Gasteiger partial charge in [0.05, 0.1) is 6.54 Å². The topological polar surface area (TPSA) is 66.5 Å². The summed E-state index contributed by atoms with van der Waals surface area (Å²) in [5, 5.41) is 2.85. The third-order valence-corrected chi connectivity index (χ3v) is 5.14. The van der Waals surface area contributed by atoms with E-state index in [9.17, 15) is 14.4 Å². The molecule has 23 heavy (non-hydrogen) atoms. The number of halogens is 1. The average Bonchev–Trinajstić information content (AvgIpc) is 2.71. The number of hydrogen-bond donors (Lipinski definition) is 1. The van der Waals surface area contributed by atoms with Crippen molar-refractivity contribution in [3.63, 3.8) is 0 Å².